The fourth-order valence-corrected chi connectivity index (χ4v) is 4.85. The van der Waals surface area contributed by atoms with Crippen molar-refractivity contribution in [3.8, 4) is 11.5 Å². The predicted molar refractivity (Wildman–Crippen MR) is 112 cm³/mol. The molecule has 1 atom stereocenters. The number of carbonyl (C=O) groups excluding carboxylic acids is 1. The number of hydrogen-bond donors (Lipinski definition) is 0. The number of fused-ring (bicyclic) bond motifs is 1. The van der Waals surface area contributed by atoms with Crippen LogP contribution < -0.4 is 9.47 Å². The van der Waals surface area contributed by atoms with Crippen LogP contribution in [-0.4, -0.2) is 62.1 Å². The molecule has 1 heterocycles. The molecule has 1 aliphatic heterocycles. The van der Waals surface area contributed by atoms with Crippen LogP contribution in [0.5, 0.6) is 11.5 Å². The van der Waals surface area contributed by atoms with Crippen LogP contribution in [0, 0.1) is 5.92 Å². The molecule has 1 fully saturated rings. The molecule has 5 nitrogen and oxygen atoms in total. The molecule has 1 amide bonds. The number of aryl methyl sites for hydroxylation is 1. The summed E-state index contributed by atoms with van der Waals surface area (Å²) >= 11 is 0. The lowest BCUT2D eigenvalue weighted by Crippen LogP contribution is -2.45. The Labute approximate surface area is 170 Å². The highest BCUT2D eigenvalue weighted by molar-refractivity contribution is 5.73. The van der Waals surface area contributed by atoms with E-state index in [9.17, 15) is 4.79 Å². The molecule has 1 aromatic carbocycles. The lowest BCUT2D eigenvalue weighted by Gasteiger charge is -2.39. The molecular formula is C23H36N2O3. The topological polar surface area (TPSA) is 42.0 Å². The highest BCUT2D eigenvalue weighted by atomic mass is 16.5. The minimum absolute atomic E-state index is 0.220. The largest absolute Gasteiger partial charge is 0.493 e. The first-order valence-corrected chi connectivity index (χ1v) is 10.8. The quantitative estimate of drug-likeness (QED) is 0.717. The molecule has 0 saturated carbocycles. The lowest BCUT2D eigenvalue weighted by atomic mass is 9.86. The SMILES string of the molecule is CCCN(CC1CCN(C(C)=O)CC1)C1CCc2cc(OC)c(OC)cc2C1. The monoisotopic (exact) mass is 388 g/mol. The summed E-state index contributed by atoms with van der Waals surface area (Å²) in [7, 11) is 3.41. The van der Waals surface area contributed by atoms with Gasteiger partial charge in [0.1, 0.15) is 0 Å². The number of hydrogen-bond acceptors (Lipinski definition) is 4. The fraction of sp³-hybridized carbons (Fsp3) is 0.696. The first-order valence-electron chi connectivity index (χ1n) is 10.8. The molecular weight excluding hydrogens is 352 g/mol. The Bertz CT molecular complexity index is 668. The summed E-state index contributed by atoms with van der Waals surface area (Å²) in [5.74, 6) is 2.59. The van der Waals surface area contributed by atoms with Gasteiger partial charge in [-0.2, -0.15) is 0 Å². The number of amides is 1. The zero-order chi connectivity index (χ0) is 20.1. The molecule has 5 heteroatoms. The van der Waals surface area contributed by atoms with Crippen molar-refractivity contribution in [2.75, 3.05) is 40.4 Å². The summed E-state index contributed by atoms with van der Waals surface area (Å²) in [4.78, 5) is 16.3. The highest BCUT2D eigenvalue weighted by Crippen LogP contribution is 2.35. The van der Waals surface area contributed by atoms with E-state index in [1.807, 2.05) is 4.90 Å². The molecule has 0 spiro atoms. The van der Waals surface area contributed by atoms with Crippen LogP contribution in [0.4, 0.5) is 0 Å². The third-order valence-electron chi connectivity index (χ3n) is 6.49. The van der Waals surface area contributed by atoms with Crippen molar-refractivity contribution in [1.29, 1.82) is 0 Å². The Morgan fingerprint density at radius 3 is 2.32 bits per heavy atom. The van der Waals surface area contributed by atoms with E-state index in [-0.39, 0.29) is 5.91 Å². The van der Waals surface area contributed by atoms with Gasteiger partial charge in [0.2, 0.25) is 5.91 Å². The van der Waals surface area contributed by atoms with Crippen molar-refractivity contribution < 1.29 is 14.3 Å². The smallest absolute Gasteiger partial charge is 0.219 e. The minimum atomic E-state index is 0.220. The maximum Gasteiger partial charge on any atom is 0.219 e. The molecule has 0 bridgehead atoms. The average Bonchev–Trinajstić information content (AvgIpc) is 2.72. The number of nitrogens with zero attached hydrogens (tertiary/aromatic N) is 2. The zero-order valence-electron chi connectivity index (χ0n) is 18.0. The lowest BCUT2D eigenvalue weighted by molar-refractivity contribution is -0.130. The summed E-state index contributed by atoms with van der Waals surface area (Å²) in [6, 6.07) is 4.93. The number of carbonyl (C=O) groups is 1. The first-order chi connectivity index (χ1) is 13.5. The van der Waals surface area contributed by atoms with E-state index in [0.717, 1.165) is 63.4 Å². The van der Waals surface area contributed by atoms with Crippen molar-refractivity contribution in [3.05, 3.63) is 23.3 Å². The van der Waals surface area contributed by atoms with Gasteiger partial charge in [-0.3, -0.25) is 9.69 Å². The van der Waals surface area contributed by atoms with Gasteiger partial charge in [-0.1, -0.05) is 6.92 Å². The van der Waals surface area contributed by atoms with Gasteiger partial charge < -0.3 is 14.4 Å². The Balaban J connectivity index is 1.66. The van der Waals surface area contributed by atoms with Crippen LogP contribution >= 0.6 is 0 Å². The maximum absolute atomic E-state index is 11.6. The zero-order valence-corrected chi connectivity index (χ0v) is 18.0. The number of methoxy groups -OCH3 is 2. The molecule has 156 valence electrons. The number of rotatable bonds is 7. The van der Waals surface area contributed by atoms with Gasteiger partial charge in [0.25, 0.3) is 0 Å². The van der Waals surface area contributed by atoms with Gasteiger partial charge in [-0.05, 0) is 74.2 Å². The van der Waals surface area contributed by atoms with E-state index in [0.29, 0.717) is 12.0 Å². The maximum atomic E-state index is 11.6. The molecule has 0 radical (unpaired) electrons. The van der Waals surface area contributed by atoms with Crippen molar-refractivity contribution in [2.24, 2.45) is 5.92 Å². The third kappa shape index (κ3) is 4.80. The standard InChI is InChI=1S/C23H36N2O3/c1-5-10-25(16-18-8-11-24(12-9-18)17(2)26)21-7-6-19-14-22(27-3)23(28-4)15-20(19)13-21/h14-15,18,21H,5-13,16H2,1-4H3. The van der Waals surface area contributed by atoms with Crippen molar-refractivity contribution in [3.63, 3.8) is 0 Å². The molecule has 0 N–H and O–H groups in total. The summed E-state index contributed by atoms with van der Waals surface area (Å²) in [6.45, 7) is 8.12. The molecule has 1 aliphatic carbocycles. The summed E-state index contributed by atoms with van der Waals surface area (Å²) < 4.78 is 11.0. The van der Waals surface area contributed by atoms with Crippen molar-refractivity contribution in [1.82, 2.24) is 9.80 Å². The Hall–Kier alpha value is -1.75. The molecule has 2 aliphatic rings. The second-order valence-electron chi connectivity index (χ2n) is 8.32. The van der Waals surface area contributed by atoms with Crippen molar-refractivity contribution in [2.45, 2.75) is 58.4 Å². The second kappa shape index (κ2) is 9.64. The summed E-state index contributed by atoms with van der Waals surface area (Å²) in [5.41, 5.74) is 2.81. The molecule has 3 rings (SSSR count). The van der Waals surface area contributed by atoms with Crippen LogP contribution in [0.15, 0.2) is 12.1 Å². The molecule has 28 heavy (non-hydrogen) atoms. The molecule has 1 saturated heterocycles. The van der Waals surface area contributed by atoms with Crippen LogP contribution in [0.1, 0.15) is 50.7 Å². The van der Waals surface area contributed by atoms with Gasteiger partial charge in [0, 0.05) is 32.6 Å². The Morgan fingerprint density at radius 1 is 1.11 bits per heavy atom. The number of benzene rings is 1. The summed E-state index contributed by atoms with van der Waals surface area (Å²) in [6.07, 6.45) is 6.84. The van der Waals surface area contributed by atoms with E-state index in [1.165, 1.54) is 24.0 Å². The van der Waals surface area contributed by atoms with Gasteiger partial charge >= 0.3 is 0 Å². The molecule has 1 aromatic rings. The third-order valence-corrected chi connectivity index (χ3v) is 6.49. The van der Waals surface area contributed by atoms with Crippen LogP contribution in [-0.2, 0) is 17.6 Å². The van der Waals surface area contributed by atoms with E-state index in [4.69, 9.17) is 9.47 Å². The second-order valence-corrected chi connectivity index (χ2v) is 8.32. The van der Waals surface area contributed by atoms with Crippen molar-refractivity contribution >= 4 is 5.91 Å². The van der Waals surface area contributed by atoms with Gasteiger partial charge in [-0.15, -0.1) is 0 Å². The van der Waals surface area contributed by atoms with E-state index in [1.54, 1.807) is 21.1 Å². The Kier molecular flexibility index (Phi) is 7.22. The van der Waals surface area contributed by atoms with Gasteiger partial charge in [-0.25, -0.2) is 0 Å². The molecule has 0 aromatic heterocycles. The number of likely N-dealkylation sites (tertiary alicyclic amines) is 1. The number of piperidine rings is 1. The minimum Gasteiger partial charge on any atom is -0.493 e. The normalized spacial score (nSPS) is 20.2. The van der Waals surface area contributed by atoms with Gasteiger partial charge in [0.15, 0.2) is 11.5 Å². The number of ether oxygens (including phenoxy) is 2. The van der Waals surface area contributed by atoms with Crippen LogP contribution in [0.2, 0.25) is 0 Å². The van der Waals surface area contributed by atoms with E-state index in [2.05, 4.69) is 24.0 Å². The Morgan fingerprint density at radius 2 is 1.75 bits per heavy atom. The summed E-state index contributed by atoms with van der Waals surface area (Å²) in [5, 5.41) is 0. The van der Waals surface area contributed by atoms with E-state index < -0.39 is 0 Å². The predicted octanol–water partition coefficient (Wildman–Crippen LogP) is 3.53. The first kappa shape index (κ1) is 21.0. The fourth-order valence-electron chi connectivity index (χ4n) is 4.85. The van der Waals surface area contributed by atoms with E-state index >= 15 is 0 Å². The van der Waals surface area contributed by atoms with Crippen LogP contribution in [0.3, 0.4) is 0 Å². The van der Waals surface area contributed by atoms with Gasteiger partial charge in [0.05, 0.1) is 14.2 Å². The average molecular weight is 389 g/mol. The molecule has 1 unspecified atom stereocenters. The van der Waals surface area contributed by atoms with Crippen LogP contribution in [0.25, 0.3) is 0 Å². The highest BCUT2D eigenvalue weighted by Gasteiger charge is 2.29.